The van der Waals surface area contributed by atoms with Crippen molar-refractivity contribution in [3.63, 3.8) is 0 Å². The predicted molar refractivity (Wildman–Crippen MR) is 92.4 cm³/mol. The van der Waals surface area contributed by atoms with Gasteiger partial charge in [-0.25, -0.2) is 0 Å². The number of nitrogens with one attached hydrogen (secondary N) is 1. The molecule has 4 heteroatoms. The smallest absolute Gasteiger partial charge is 0.0410 e. The highest BCUT2D eigenvalue weighted by molar-refractivity contribution is 7.99. The van der Waals surface area contributed by atoms with Gasteiger partial charge < -0.3 is 10.2 Å². The Labute approximate surface area is 137 Å². The van der Waals surface area contributed by atoms with Gasteiger partial charge in [0.15, 0.2) is 0 Å². The summed E-state index contributed by atoms with van der Waals surface area (Å²) in [6.45, 7) is 7.28. The third-order valence-electron chi connectivity index (χ3n) is 4.49. The summed E-state index contributed by atoms with van der Waals surface area (Å²) in [5.74, 6) is 1.91. The first kappa shape index (κ1) is 15.7. The molecule has 2 unspecified atom stereocenters. The molecule has 1 N–H and O–H groups in total. The van der Waals surface area contributed by atoms with Crippen LogP contribution in [0.2, 0.25) is 5.02 Å². The predicted octanol–water partition coefficient (Wildman–Crippen LogP) is 4.20. The molecule has 0 bridgehead atoms. The molecule has 3 rings (SSSR count). The number of thioether (sulfide) groups is 1. The maximum atomic E-state index is 6.17. The van der Waals surface area contributed by atoms with Crippen molar-refractivity contribution in [2.75, 3.05) is 31.9 Å². The lowest BCUT2D eigenvalue weighted by atomic mass is 10.0. The van der Waals surface area contributed by atoms with Gasteiger partial charge in [-0.15, -0.1) is 11.8 Å². The van der Waals surface area contributed by atoms with E-state index in [1.165, 1.54) is 55.1 Å². The SMILES string of the molecule is CC(CNC1CCSc2ccc(Cl)cc21)CN1CCCC1. The van der Waals surface area contributed by atoms with Crippen molar-refractivity contribution in [3.05, 3.63) is 28.8 Å². The fourth-order valence-corrected chi connectivity index (χ4v) is 4.68. The Balaban J connectivity index is 1.55. The second-order valence-electron chi connectivity index (χ2n) is 6.39. The Morgan fingerprint density at radius 3 is 3.00 bits per heavy atom. The molecule has 0 aromatic heterocycles. The normalized spacial score (nSPS) is 24.0. The third kappa shape index (κ3) is 4.16. The van der Waals surface area contributed by atoms with Crippen LogP contribution in [0.5, 0.6) is 0 Å². The van der Waals surface area contributed by atoms with Crippen molar-refractivity contribution in [1.29, 1.82) is 0 Å². The van der Waals surface area contributed by atoms with Gasteiger partial charge in [-0.3, -0.25) is 0 Å². The molecular weight excluding hydrogens is 300 g/mol. The van der Waals surface area contributed by atoms with Gasteiger partial charge >= 0.3 is 0 Å². The average Bonchev–Trinajstić information content (AvgIpc) is 2.98. The molecule has 0 saturated carbocycles. The molecule has 0 radical (unpaired) electrons. The zero-order chi connectivity index (χ0) is 14.7. The van der Waals surface area contributed by atoms with Gasteiger partial charge in [0.1, 0.15) is 0 Å². The van der Waals surface area contributed by atoms with Crippen molar-refractivity contribution < 1.29 is 0 Å². The van der Waals surface area contributed by atoms with Gasteiger partial charge in [0.2, 0.25) is 0 Å². The molecule has 0 amide bonds. The molecule has 116 valence electrons. The highest BCUT2D eigenvalue weighted by atomic mass is 35.5. The van der Waals surface area contributed by atoms with E-state index in [4.69, 9.17) is 11.6 Å². The summed E-state index contributed by atoms with van der Waals surface area (Å²) in [7, 11) is 0. The summed E-state index contributed by atoms with van der Waals surface area (Å²) < 4.78 is 0. The summed E-state index contributed by atoms with van der Waals surface area (Å²) >= 11 is 8.13. The van der Waals surface area contributed by atoms with Crippen LogP contribution in [0.1, 0.15) is 37.8 Å². The second kappa shape index (κ2) is 7.36. The van der Waals surface area contributed by atoms with Crippen LogP contribution >= 0.6 is 23.4 Å². The molecule has 2 atom stereocenters. The average molecular weight is 325 g/mol. The molecule has 1 saturated heterocycles. The lowest BCUT2D eigenvalue weighted by Gasteiger charge is -2.28. The molecule has 21 heavy (non-hydrogen) atoms. The van der Waals surface area contributed by atoms with Crippen LogP contribution in [-0.4, -0.2) is 36.8 Å². The molecule has 2 aliphatic rings. The zero-order valence-electron chi connectivity index (χ0n) is 12.8. The van der Waals surface area contributed by atoms with Gasteiger partial charge in [0.05, 0.1) is 0 Å². The van der Waals surface area contributed by atoms with E-state index < -0.39 is 0 Å². The standard InChI is InChI=1S/C17H25ClN2S/c1-13(12-20-7-2-3-8-20)11-19-16-6-9-21-17-5-4-14(18)10-15(16)17/h4-5,10,13,16,19H,2-3,6-9,11-12H2,1H3. The van der Waals surface area contributed by atoms with Crippen LogP contribution in [0.3, 0.4) is 0 Å². The lowest BCUT2D eigenvalue weighted by molar-refractivity contribution is 0.277. The van der Waals surface area contributed by atoms with Crippen LogP contribution in [0.15, 0.2) is 23.1 Å². The van der Waals surface area contributed by atoms with Crippen LogP contribution in [0, 0.1) is 5.92 Å². The summed E-state index contributed by atoms with van der Waals surface area (Å²) in [5.41, 5.74) is 1.40. The fraction of sp³-hybridized carbons (Fsp3) is 0.647. The first-order chi connectivity index (χ1) is 10.2. The molecule has 2 nitrogen and oxygen atoms in total. The monoisotopic (exact) mass is 324 g/mol. The van der Waals surface area contributed by atoms with Gasteiger partial charge in [0.25, 0.3) is 0 Å². The van der Waals surface area contributed by atoms with Crippen molar-refractivity contribution in [3.8, 4) is 0 Å². The number of likely N-dealkylation sites (tertiary alicyclic amines) is 1. The largest absolute Gasteiger partial charge is 0.310 e. The topological polar surface area (TPSA) is 15.3 Å². The van der Waals surface area contributed by atoms with E-state index >= 15 is 0 Å². The van der Waals surface area contributed by atoms with Crippen molar-refractivity contribution >= 4 is 23.4 Å². The van der Waals surface area contributed by atoms with Gasteiger partial charge in [0, 0.05) is 22.5 Å². The third-order valence-corrected chi connectivity index (χ3v) is 5.85. The van der Waals surface area contributed by atoms with E-state index in [-0.39, 0.29) is 0 Å². The molecule has 1 aromatic rings. The maximum absolute atomic E-state index is 6.17. The number of hydrogen-bond donors (Lipinski definition) is 1. The van der Waals surface area contributed by atoms with E-state index in [0.29, 0.717) is 12.0 Å². The van der Waals surface area contributed by atoms with Crippen LogP contribution < -0.4 is 5.32 Å². The highest BCUT2D eigenvalue weighted by Crippen LogP contribution is 2.37. The second-order valence-corrected chi connectivity index (χ2v) is 7.97. The lowest BCUT2D eigenvalue weighted by Crippen LogP contribution is -2.34. The zero-order valence-corrected chi connectivity index (χ0v) is 14.3. The molecule has 1 fully saturated rings. The van der Waals surface area contributed by atoms with E-state index in [1.54, 1.807) is 0 Å². The molecule has 1 aromatic carbocycles. The molecule has 0 aliphatic carbocycles. The quantitative estimate of drug-likeness (QED) is 0.874. The van der Waals surface area contributed by atoms with Gasteiger partial charge in [-0.1, -0.05) is 18.5 Å². The van der Waals surface area contributed by atoms with Gasteiger partial charge in [-0.05, 0) is 74.3 Å². The van der Waals surface area contributed by atoms with E-state index in [9.17, 15) is 0 Å². The number of benzene rings is 1. The molecular formula is C17H25ClN2S. The Kier molecular flexibility index (Phi) is 5.49. The summed E-state index contributed by atoms with van der Waals surface area (Å²) in [6.07, 6.45) is 3.96. The summed E-state index contributed by atoms with van der Waals surface area (Å²) in [5, 5.41) is 4.63. The number of fused-ring (bicyclic) bond motifs is 1. The molecule has 2 aliphatic heterocycles. The fourth-order valence-electron chi connectivity index (χ4n) is 3.39. The van der Waals surface area contributed by atoms with E-state index in [1.807, 2.05) is 17.8 Å². The van der Waals surface area contributed by atoms with Crippen molar-refractivity contribution in [2.24, 2.45) is 5.92 Å². The van der Waals surface area contributed by atoms with Crippen molar-refractivity contribution in [2.45, 2.75) is 37.1 Å². The minimum Gasteiger partial charge on any atom is -0.310 e. The highest BCUT2D eigenvalue weighted by Gasteiger charge is 2.22. The summed E-state index contributed by atoms with van der Waals surface area (Å²) in [4.78, 5) is 4.00. The minimum atomic E-state index is 0.473. The Bertz CT molecular complexity index is 474. The first-order valence-electron chi connectivity index (χ1n) is 8.10. The Morgan fingerprint density at radius 2 is 2.19 bits per heavy atom. The van der Waals surface area contributed by atoms with E-state index in [0.717, 1.165) is 11.6 Å². The number of nitrogens with zero attached hydrogens (tertiary/aromatic N) is 1. The Hall–Kier alpha value is -0.220. The van der Waals surface area contributed by atoms with Crippen molar-refractivity contribution in [1.82, 2.24) is 10.2 Å². The minimum absolute atomic E-state index is 0.473. The Morgan fingerprint density at radius 1 is 1.38 bits per heavy atom. The summed E-state index contributed by atoms with van der Waals surface area (Å²) in [6, 6.07) is 6.79. The van der Waals surface area contributed by atoms with Crippen LogP contribution in [0.4, 0.5) is 0 Å². The first-order valence-corrected chi connectivity index (χ1v) is 9.47. The van der Waals surface area contributed by atoms with E-state index in [2.05, 4.69) is 29.3 Å². The molecule has 0 spiro atoms. The number of hydrogen-bond acceptors (Lipinski definition) is 3. The van der Waals surface area contributed by atoms with Crippen LogP contribution in [0.25, 0.3) is 0 Å². The maximum Gasteiger partial charge on any atom is 0.0410 e. The number of rotatable bonds is 5. The van der Waals surface area contributed by atoms with Gasteiger partial charge in [-0.2, -0.15) is 0 Å². The number of halogens is 1. The molecule has 2 heterocycles. The van der Waals surface area contributed by atoms with Crippen LogP contribution in [-0.2, 0) is 0 Å².